The maximum Gasteiger partial charge on any atom is 0.236 e. The Balaban J connectivity index is 2.24. The molecule has 2 aromatic carbocycles. The normalized spacial score (nSPS) is 11.3. The Labute approximate surface area is 136 Å². The van der Waals surface area contributed by atoms with Gasteiger partial charge in [0.2, 0.25) is 5.91 Å². The Morgan fingerprint density at radius 1 is 1.09 bits per heavy atom. The second-order valence-corrected chi connectivity index (χ2v) is 7.47. The topological polar surface area (TPSA) is 80.5 Å². The first-order chi connectivity index (χ1) is 10.8. The summed E-state index contributed by atoms with van der Waals surface area (Å²) in [7, 11) is -1.48. The van der Waals surface area contributed by atoms with Gasteiger partial charge in [0.25, 0.3) is 0 Å². The molecule has 0 radical (unpaired) electrons. The SMILES string of the molecule is CN(Cc1cccc(-c2ccc(S(C)(=O)=O)cc2)c1)C(=O)CN. The lowest BCUT2D eigenvalue weighted by Gasteiger charge is -2.16. The van der Waals surface area contributed by atoms with E-state index in [2.05, 4.69) is 0 Å². The molecule has 2 N–H and O–H groups in total. The minimum atomic E-state index is -3.19. The average Bonchev–Trinajstić information content (AvgIpc) is 2.53. The average molecular weight is 332 g/mol. The lowest BCUT2D eigenvalue weighted by atomic mass is 10.0. The smallest absolute Gasteiger partial charge is 0.236 e. The molecule has 6 heteroatoms. The van der Waals surface area contributed by atoms with E-state index in [4.69, 9.17) is 5.73 Å². The highest BCUT2D eigenvalue weighted by molar-refractivity contribution is 7.90. The van der Waals surface area contributed by atoms with E-state index in [0.29, 0.717) is 11.4 Å². The van der Waals surface area contributed by atoms with Crippen LogP contribution in [0.2, 0.25) is 0 Å². The monoisotopic (exact) mass is 332 g/mol. The molecule has 0 aliphatic carbocycles. The number of amides is 1. The van der Waals surface area contributed by atoms with Gasteiger partial charge < -0.3 is 10.6 Å². The van der Waals surface area contributed by atoms with Crippen molar-refractivity contribution in [3.63, 3.8) is 0 Å². The number of likely N-dealkylation sites (N-methyl/N-ethyl adjacent to an activating group) is 1. The summed E-state index contributed by atoms with van der Waals surface area (Å²) in [4.78, 5) is 13.4. The number of hydrogen-bond donors (Lipinski definition) is 1. The molecular weight excluding hydrogens is 312 g/mol. The minimum Gasteiger partial charge on any atom is -0.340 e. The fraction of sp³-hybridized carbons (Fsp3) is 0.235. The number of carbonyl (C=O) groups excluding carboxylic acids is 1. The van der Waals surface area contributed by atoms with Gasteiger partial charge in [0.1, 0.15) is 0 Å². The predicted molar refractivity (Wildman–Crippen MR) is 90.5 cm³/mol. The molecule has 0 unspecified atom stereocenters. The summed E-state index contributed by atoms with van der Waals surface area (Å²) < 4.78 is 23.0. The lowest BCUT2D eigenvalue weighted by molar-refractivity contribution is -0.128. The number of nitrogens with zero attached hydrogens (tertiary/aromatic N) is 1. The number of benzene rings is 2. The standard InChI is InChI=1S/C17H20N2O3S/c1-19(17(20)11-18)12-13-4-3-5-15(10-13)14-6-8-16(9-7-14)23(2,21)22/h3-10H,11-12,18H2,1-2H3. The maximum atomic E-state index is 11.5. The largest absolute Gasteiger partial charge is 0.340 e. The van der Waals surface area contributed by atoms with E-state index in [-0.39, 0.29) is 12.5 Å². The third kappa shape index (κ3) is 4.40. The summed E-state index contributed by atoms with van der Waals surface area (Å²) in [6.45, 7) is 0.467. The molecule has 122 valence electrons. The molecule has 0 saturated carbocycles. The summed E-state index contributed by atoms with van der Waals surface area (Å²) in [6, 6.07) is 14.5. The van der Waals surface area contributed by atoms with E-state index < -0.39 is 9.84 Å². The van der Waals surface area contributed by atoms with E-state index in [1.165, 1.54) is 6.26 Å². The van der Waals surface area contributed by atoms with Gasteiger partial charge in [-0.3, -0.25) is 4.79 Å². The van der Waals surface area contributed by atoms with Crippen LogP contribution in [0.3, 0.4) is 0 Å². The highest BCUT2D eigenvalue weighted by Gasteiger charge is 2.09. The number of carbonyl (C=O) groups is 1. The maximum absolute atomic E-state index is 11.5. The molecule has 0 atom stereocenters. The molecule has 1 amide bonds. The molecule has 2 rings (SSSR count). The molecular formula is C17H20N2O3S. The lowest BCUT2D eigenvalue weighted by Crippen LogP contribution is -2.32. The van der Waals surface area contributed by atoms with Crippen LogP contribution in [-0.2, 0) is 21.2 Å². The summed E-state index contributed by atoms with van der Waals surface area (Å²) >= 11 is 0. The van der Waals surface area contributed by atoms with Crippen molar-refractivity contribution in [1.82, 2.24) is 4.90 Å². The van der Waals surface area contributed by atoms with Gasteiger partial charge in [-0.05, 0) is 34.9 Å². The van der Waals surface area contributed by atoms with Crippen LogP contribution in [0, 0.1) is 0 Å². The molecule has 23 heavy (non-hydrogen) atoms. The zero-order chi connectivity index (χ0) is 17.0. The van der Waals surface area contributed by atoms with Crippen molar-refractivity contribution in [2.45, 2.75) is 11.4 Å². The van der Waals surface area contributed by atoms with Crippen LogP contribution in [0.5, 0.6) is 0 Å². The van der Waals surface area contributed by atoms with Crippen molar-refractivity contribution < 1.29 is 13.2 Å². The van der Waals surface area contributed by atoms with Crippen molar-refractivity contribution in [1.29, 1.82) is 0 Å². The molecule has 0 fully saturated rings. The molecule has 2 aromatic rings. The third-order valence-corrected chi connectivity index (χ3v) is 4.69. The highest BCUT2D eigenvalue weighted by atomic mass is 32.2. The summed E-state index contributed by atoms with van der Waals surface area (Å²) in [5, 5.41) is 0. The van der Waals surface area contributed by atoms with E-state index >= 15 is 0 Å². The Kier molecular flexibility index (Phi) is 5.18. The molecule has 0 bridgehead atoms. The van der Waals surface area contributed by atoms with Crippen molar-refractivity contribution >= 4 is 15.7 Å². The van der Waals surface area contributed by atoms with Gasteiger partial charge >= 0.3 is 0 Å². The Hall–Kier alpha value is -2.18. The van der Waals surface area contributed by atoms with Gasteiger partial charge in [0, 0.05) is 19.8 Å². The van der Waals surface area contributed by atoms with Gasteiger partial charge in [-0.1, -0.05) is 30.3 Å². The summed E-state index contributed by atoms with van der Waals surface area (Å²) in [6.07, 6.45) is 1.19. The van der Waals surface area contributed by atoms with Crippen LogP contribution in [0.25, 0.3) is 11.1 Å². The number of rotatable bonds is 5. The molecule has 5 nitrogen and oxygen atoms in total. The first kappa shape index (κ1) is 17.2. The fourth-order valence-electron chi connectivity index (χ4n) is 2.26. The van der Waals surface area contributed by atoms with Gasteiger partial charge in [-0.25, -0.2) is 8.42 Å². The Bertz CT molecular complexity index is 799. The molecule has 0 aliphatic heterocycles. The van der Waals surface area contributed by atoms with Crippen molar-refractivity contribution in [2.24, 2.45) is 5.73 Å². The molecule has 0 spiro atoms. The zero-order valence-electron chi connectivity index (χ0n) is 13.2. The minimum absolute atomic E-state index is 0.0108. The quantitative estimate of drug-likeness (QED) is 0.903. The number of hydrogen-bond acceptors (Lipinski definition) is 4. The summed E-state index contributed by atoms with van der Waals surface area (Å²) in [5.41, 5.74) is 8.23. The zero-order valence-corrected chi connectivity index (χ0v) is 14.0. The van der Waals surface area contributed by atoms with E-state index in [1.807, 2.05) is 24.3 Å². The van der Waals surface area contributed by atoms with Crippen LogP contribution in [0.15, 0.2) is 53.4 Å². The van der Waals surface area contributed by atoms with Crippen LogP contribution in [0.1, 0.15) is 5.56 Å². The number of nitrogens with two attached hydrogens (primary N) is 1. The van der Waals surface area contributed by atoms with Crippen LogP contribution >= 0.6 is 0 Å². The molecule has 0 aliphatic rings. The van der Waals surface area contributed by atoms with E-state index in [0.717, 1.165) is 16.7 Å². The van der Waals surface area contributed by atoms with Crippen molar-refractivity contribution in [3.05, 3.63) is 54.1 Å². The number of sulfone groups is 1. The second-order valence-electron chi connectivity index (χ2n) is 5.45. The molecule has 0 heterocycles. The van der Waals surface area contributed by atoms with E-state index in [9.17, 15) is 13.2 Å². The van der Waals surface area contributed by atoms with Gasteiger partial charge in [-0.2, -0.15) is 0 Å². The van der Waals surface area contributed by atoms with Gasteiger partial charge in [0.15, 0.2) is 9.84 Å². The van der Waals surface area contributed by atoms with Crippen molar-refractivity contribution in [2.75, 3.05) is 19.8 Å². The first-order valence-electron chi connectivity index (χ1n) is 7.14. The van der Waals surface area contributed by atoms with Crippen LogP contribution in [0.4, 0.5) is 0 Å². The van der Waals surface area contributed by atoms with Crippen molar-refractivity contribution in [3.8, 4) is 11.1 Å². The first-order valence-corrected chi connectivity index (χ1v) is 9.04. The van der Waals surface area contributed by atoms with Crippen LogP contribution < -0.4 is 5.73 Å². The Morgan fingerprint density at radius 2 is 1.74 bits per heavy atom. The van der Waals surface area contributed by atoms with E-state index in [1.54, 1.807) is 36.2 Å². The Morgan fingerprint density at radius 3 is 2.30 bits per heavy atom. The molecule has 0 aromatic heterocycles. The summed E-state index contributed by atoms with van der Waals surface area (Å²) in [5.74, 6) is -0.118. The molecule has 0 saturated heterocycles. The van der Waals surface area contributed by atoms with Gasteiger partial charge in [-0.15, -0.1) is 0 Å². The predicted octanol–water partition coefficient (Wildman–Crippen LogP) is 1.67. The fourth-order valence-corrected chi connectivity index (χ4v) is 2.89. The third-order valence-electron chi connectivity index (χ3n) is 3.56. The highest BCUT2D eigenvalue weighted by Crippen LogP contribution is 2.22. The van der Waals surface area contributed by atoms with Crippen LogP contribution in [-0.4, -0.2) is 39.1 Å². The van der Waals surface area contributed by atoms with Gasteiger partial charge in [0.05, 0.1) is 11.4 Å². The second kappa shape index (κ2) is 6.93.